The predicted molar refractivity (Wildman–Crippen MR) is 128 cm³/mol. The van der Waals surface area contributed by atoms with Gasteiger partial charge >= 0.3 is 183 Å². The molecule has 0 aromatic heterocycles. The fourth-order valence-corrected chi connectivity index (χ4v) is 14.7. The van der Waals surface area contributed by atoms with Crippen molar-refractivity contribution in [3.05, 3.63) is 101 Å². The minimum absolute atomic E-state index is 0. The zero-order valence-corrected chi connectivity index (χ0v) is 21.4. The van der Waals surface area contributed by atoms with Crippen LogP contribution in [-0.4, -0.2) is 19.8 Å². The van der Waals surface area contributed by atoms with Crippen LogP contribution in [0.1, 0.15) is 38.8 Å². The molecule has 0 nitrogen and oxygen atoms in total. The molecule has 0 bridgehead atoms. The Morgan fingerprint density at radius 1 is 0.621 bits per heavy atom. The summed E-state index contributed by atoms with van der Waals surface area (Å²) in [6.45, 7) is 9.64. The van der Waals surface area contributed by atoms with Gasteiger partial charge in [-0.1, -0.05) is 0 Å². The molecule has 29 heavy (non-hydrogen) atoms. The van der Waals surface area contributed by atoms with Crippen LogP contribution in [0.15, 0.2) is 84.9 Å². The normalized spacial score (nSPS) is 11.9. The third kappa shape index (κ3) is 6.33. The molecule has 3 rings (SSSR count). The summed E-state index contributed by atoms with van der Waals surface area (Å²) < 4.78 is 4.15. The second-order valence-electron chi connectivity index (χ2n) is 8.96. The Balaban J connectivity index is 0.00000300. The van der Waals surface area contributed by atoms with Gasteiger partial charge in [-0.05, 0) is 0 Å². The zero-order valence-electron chi connectivity index (χ0n) is 17.8. The summed E-state index contributed by atoms with van der Waals surface area (Å²) in [6.07, 6.45) is 0. The first kappa shape index (κ1) is 24.0. The molecular formula is C26H31ClFSn. The van der Waals surface area contributed by atoms with E-state index in [1.807, 2.05) is 0 Å². The van der Waals surface area contributed by atoms with Gasteiger partial charge in [-0.3, -0.25) is 4.70 Å². The van der Waals surface area contributed by atoms with Crippen molar-refractivity contribution in [2.24, 2.45) is 0 Å². The van der Waals surface area contributed by atoms with Crippen LogP contribution in [0.25, 0.3) is 0 Å². The minimum atomic E-state index is -1.97. The summed E-state index contributed by atoms with van der Waals surface area (Å²) in [7, 11) is 0. The molecule has 0 aliphatic rings. The Labute approximate surface area is 187 Å². The van der Waals surface area contributed by atoms with Crippen LogP contribution in [0, 0.1) is 0 Å². The van der Waals surface area contributed by atoms with Gasteiger partial charge in [0.1, 0.15) is 0 Å². The van der Waals surface area contributed by atoms with Crippen molar-refractivity contribution in [3.8, 4) is 0 Å². The monoisotopic (exact) mass is 517 g/mol. The molecule has 0 saturated heterocycles. The van der Waals surface area contributed by atoms with Crippen LogP contribution in [0.3, 0.4) is 0 Å². The first-order valence-corrected chi connectivity index (χ1v) is 15.8. The largest absolute Gasteiger partial charge is 0.269 e. The quantitative estimate of drug-likeness (QED) is 0.293. The predicted octanol–water partition coefficient (Wildman–Crippen LogP) is 7.15. The summed E-state index contributed by atoms with van der Waals surface area (Å²) in [6, 6.07) is 30.7. The number of benzene rings is 3. The van der Waals surface area contributed by atoms with Crippen LogP contribution in [0.4, 0.5) is 4.70 Å². The smallest absolute Gasteiger partial charge is 0.269 e. The Kier molecular flexibility index (Phi) is 8.36. The van der Waals surface area contributed by atoms with Gasteiger partial charge in [-0.25, -0.2) is 0 Å². The fraction of sp³-hybridized carbons (Fsp3) is 0.308. The summed E-state index contributed by atoms with van der Waals surface area (Å²) >= 11 is 4.22. The van der Waals surface area contributed by atoms with E-state index in [2.05, 4.69) is 113 Å². The van der Waals surface area contributed by atoms with E-state index in [1.54, 1.807) is 3.58 Å². The SMILES string of the molecule is CC(C)([CH2][Sn]([CH2]C(C)(C)c1ccccc1)[c]1ccc(Cl)cc1)c1ccccc1.F. The summed E-state index contributed by atoms with van der Waals surface area (Å²) in [4.78, 5) is 0. The van der Waals surface area contributed by atoms with E-state index < -0.39 is 19.8 Å². The van der Waals surface area contributed by atoms with Crippen molar-refractivity contribution < 1.29 is 4.70 Å². The average Bonchev–Trinajstić information content (AvgIpc) is 2.69. The van der Waals surface area contributed by atoms with Crippen molar-refractivity contribution >= 4 is 34.9 Å². The molecule has 3 heteroatoms. The standard InChI is InChI=1S/2C10H13.C6H4Cl.FH.Sn/c2*1-10(2,3)9-7-5-4-6-8-9;7-6-4-2-1-3-5-6;;/h2*4-8H,1H2,2-3H3;2-5H;1H;. The van der Waals surface area contributed by atoms with Gasteiger partial charge in [0.15, 0.2) is 0 Å². The molecule has 0 saturated carbocycles. The Morgan fingerprint density at radius 2 is 1.00 bits per heavy atom. The number of hydrogen-bond acceptors (Lipinski definition) is 0. The van der Waals surface area contributed by atoms with Crippen molar-refractivity contribution in [1.82, 2.24) is 0 Å². The third-order valence-corrected chi connectivity index (χ3v) is 16.7. The van der Waals surface area contributed by atoms with Gasteiger partial charge in [0.05, 0.1) is 0 Å². The van der Waals surface area contributed by atoms with E-state index in [-0.39, 0.29) is 15.5 Å². The first-order valence-electron chi connectivity index (χ1n) is 10.00. The molecule has 3 aromatic rings. The Bertz CT molecular complexity index is 820. The van der Waals surface area contributed by atoms with Gasteiger partial charge in [0.2, 0.25) is 0 Å². The average molecular weight is 517 g/mol. The molecule has 0 fully saturated rings. The molecule has 0 N–H and O–H groups in total. The summed E-state index contributed by atoms with van der Waals surface area (Å²) in [5, 5.41) is 0.830. The molecule has 0 aliphatic carbocycles. The first-order chi connectivity index (χ1) is 13.3. The van der Waals surface area contributed by atoms with Crippen LogP contribution >= 0.6 is 11.6 Å². The van der Waals surface area contributed by atoms with E-state index in [1.165, 1.54) is 20.0 Å². The molecular weight excluding hydrogens is 485 g/mol. The molecule has 0 unspecified atom stereocenters. The zero-order chi connectivity index (χ0) is 20.2. The molecule has 0 heterocycles. The van der Waals surface area contributed by atoms with E-state index in [9.17, 15) is 0 Å². The van der Waals surface area contributed by atoms with Crippen LogP contribution < -0.4 is 3.58 Å². The van der Waals surface area contributed by atoms with Gasteiger partial charge in [-0.15, -0.1) is 0 Å². The molecule has 1 radical (unpaired) electrons. The number of hydrogen-bond donors (Lipinski definition) is 0. The van der Waals surface area contributed by atoms with E-state index in [0.29, 0.717) is 0 Å². The molecule has 153 valence electrons. The van der Waals surface area contributed by atoms with Gasteiger partial charge in [0, 0.05) is 0 Å². The minimum Gasteiger partial charge on any atom is -0.269 e. The molecule has 0 aliphatic heterocycles. The summed E-state index contributed by atoms with van der Waals surface area (Å²) in [5.41, 5.74) is 3.25. The van der Waals surface area contributed by atoms with E-state index in [0.717, 1.165) is 5.02 Å². The van der Waals surface area contributed by atoms with Crippen molar-refractivity contribution in [3.63, 3.8) is 0 Å². The maximum Gasteiger partial charge on any atom is -0.269 e. The van der Waals surface area contributed by atoms with Gasteiger partial charge < -0.3 is 0 Å². The van der Waals surface area contributed by atoms with Crippen LogP contribution in [0.2, 0.25) is 13.9 Å². The molecule has 0 spiro atoms. The fourth-order valence-electron chi connectivity index (χ4n) is 4.00. The van der Waals surface area contributed by atoms with Crippen LogP contribution in [-0.2, 0) is 10.8 Å². The van der Waals surface area contributed by atoms with E-state index in [4.69, 9.17) is 11.6 Å². The topological polar surface area (TPSA) is 0 Å². The van der Waals surface area contributed by atoms with Gasteiger partial charge in [0.25, 0.3) is 0 Å². The van der Waals surface area contributed by atoms with Crippen LogP contribution in [0.5, 0.6) is 0 Å². The van der Waals surface area contributed by atoms with Crippen molar-refractivity contribution in [1.29, 1.82) is 0 Å². The number of halogens is 2. The second kappa shape index (κ2) is 10.1. The third-order valence-electron chi connectivity index (χ3n) is 5.67. The van der Waals surface area contributed by atoms with Crippen molar-refractivity contribution in [2.45, 2.75) is 47.4 Å². The second-order valence-corrected chi connectivity index (χ2v) is 16.5. The van der Waals surface area contributed by atoms with Crippen molar-refractivity contribution in [2.75, 3.05) is 0 Å². The number of rotatable bonds is 7. The van der Waals surface area contributed by atoms with E-state index >= 15 is 0 Å². The molecule has 0 atom stereocenters. The van der Waals surface area contributed by atoms with Gasteiger partial charge in [-0.2, -0.15) is 0 Å². The Morgan fingerprint density at radius 3 is 1.38 bits per heavy atom. The Hall–Kier alpha value is -1.32. The molecule has 0 amide bonds. The summed E-state index contributed by atoms with van der Waals surface area (Å²) in [5.74, 6) is 0. The maximum absolute atomic E-state index is 6.20. The maximum atomic E-state index is 6.20. The molecule has 3 aromatic carbocycles.